The normalized spacial score (nSPS) is 10.9. The Morgan fingerprint density at radius 3 is 2.56 bits per heavy atom. The predicted molar refractivity (Wildman–Crippen MR) is 147 cm³/mol. The molecule has 5 rings (SSSR count). The fraction of sp³-hybridized carbons (Fsp3) is 0.200. The predicted octanol–water partition coefficient (Wildman–Crippen LogP) is 5.52. The van der Waals surface area contributed by atoms with Gasteiger partial charge in [-0.05, 0) is 48.4 Å². The average Bonchev–Trinajstić information content (AvgIpc) is 3.52. The third-order valence-corrected chi connectivity index (χ3v) is 6.41. The second kappa shape index (κ2) is 10.7. The van der Waals surface area contributed by atoms with E-state index in [4.69, 9.17) is 19.7 Å². The lowest BCUT2D eigenvalue weighted by Crippen LogP contribution is -2.06. The fourth-order valence-corrected chi connectivity index (χ4v) is 4.47. The lowest BCUT2D eigenvalue weighted by Gasteiger charge is -2.10. The van der Waals surface area contributed by atoms with E-state index in [1.807, 2.05) is 47.9 Å². The number of anilines is 1. The summed E-state index contributed by atoms with van der Waals surface area (Å²) >= 11 is 0. The van der Waals surface area contributed by atoms with Crippen LogP contribution in [0.4, 0.5) is 5.82 Å². The van der Waals surface area contributed by atoms with Gasteiger partial charge in [-0.25, -0.2) is 9.78 Å². The molecule has 0 aliphatic rings. The zero-order valence-electron chi connectivity index (χ0n) is 21.9. The summed E-state index contributed by atoms with van der Waals surface area (Å²) in [4.78, 5) is 29.8. The van der Waals surface area contributed by atoms with Gasteiger partial charge in [-0.15, -0.1) is 0 Å². The Bertz CT molecular complexity index is 1740. The van der Waals surface area contributed by atoms with Crippen LogP contribution in [0.1, 0.15) is 52.2 Å². The highest BCUT2D eigenvalue weighted by molar-refractivity contribution is 5.99. The van der Waals surface area contributed by atoms with Crippen molar-refractivity contribution in [3.63, 3.8) is 0 Å². The number of nitrogens with zero attached hydrogens (tertiary/aromatic N) is 4. The molecule has 1 N–H and O–H groups in total. The van der Waals surface area contributed by atoms with E-state index in [-0.39, 0.29) is 5.78 Å². The number of ketones is 1. The van der Waals surface area contributed by atoms with Gasteiger partial charge in [-0.2, -0.15) is 5.26 Å². The van der Waals surface area contributed by atoms with E-state index in [0.29, 0.717) is 52.9 Å². The Balaban J connectivity index is 1.69. The second-order valence-corrected chi connectivity index (χ2v) is 9.07. The standard InChI is InChI=1S/C30H27N5O4/c1-4-13-39-23-11-12-34-25(19(2)36)15-24(26(34)14-23)28-29(32-17-21-7-5-20(16-31)6-8-21)35-18-22(30(37)38-3)9-10-27(35)33-28/h5-12,14-15,18,32H,4,13,17H2,1-3H3. The molecule has 0 fully saturated rings. The Hall–Kier alpha value is -5.10. The highest BCUT2D eigenvalue weighted by atomic mass is 16.5. The van der Waals surface area contributed by atoms with Crippen LogP contribution >= 0.6 is 0 Å². The van der Waals surface area contributed by atoms with E-state index in [0.717, 1.165) is 23.1 Å². The number of imidazole rings is 1. The van der Waals surface area contributed by atoms with Crippen molar-refractivity contribution in [2.45, 2.75) is 26.8 Å². The van der Waals surface area contributed by atoms with Crippen molar-refractivity contribution in [2.24, 2.45) is 0 Å². The molecule has 1 aromatic carbocycles. The third-order valence-electron chi connectivity index (χ3n) is 6.41. The SMILES string of the molecule is CCCOc1ccn2c(C(C)=O)cc(-c3nc4ccc(C(=O)OC)cn4c3NCc3ccc(C#N)cc3)c2c1. The van der Waals surface area contributed by atoms with Gasteiger partial charge in [-0.1, -0.05) is 19.1 Å². The smallest absolute Gasteiger partial charge is 0.339 e. The first kappa shape index (κ1) is 25.5. The molecule has 9 nitrogen and oxygen atoms in total. The molecule has 9 heteroatoms. The molecule has 0 saturated carbocycles. The molecule has 0 amide bonds. The summed E-state index contributed by atoms with van der Waals surface area (Å²) in [6, 6.07) is 18.4. The first-order chi connectivity index (χ1) is 18.9. The first-order valence-corrected chi connectivity index (χ1v) is 12.6. The molecule has 0 unspecified atom stereocenters. The van der Waals surface area contributed by atoms with Crippen molar-refractivity contribution < 1.29 is 19.1 Å². The highest BCUT2D eigenvalue weighted by Crippen LogP contribution is 2.36. The van der Waals surface area contributed by atoms with E-state index in [1.165, 1.54) is 14.0 Å². The summed E-state index contributed by atoms with van der Waals surface area (Å²) in [5, 5.41) is 12.6. The maximum atomic E-state index is 12.6. The number of rotatable bonds is 9. The van der Waals surface area contributed by atoms with Crippen LogP contribution in [-0.2, 0) is 11.3 Å². The number of methoxy groups -OCH3 is 1. The topological polar surface area (TPSA) is 110 Å². The van der Waals surface area contributed by atoms with Gasteiger partial charge >= 0.3 is 5.97 Å². The van der Waals surface area contributed by atoms with Gasteiger partial charge in [-0.3, -0.25) is 9.20 Å². The van der Waals surface area contributed by atoms with E-state index >= 15 is 0 Å². The highest BCUT2D eigenvalue weighted by Gasteiger charge is 2.22. The lowest BCUT2D eigenvalue weighted by molar-refractivity contribution is 0.0600. The zero-order chi connectivity index (χ0) is 27.5. The van der Waals surface area contributed by atoms with Gasteiger partial charge in [0, 0.05) is 37.5 Å². The minimum atomic E-state index is -0.462. The number of hydrogen-bond donors (Lipinski definition) is 1. The van der Waals surface area contributed by atoms with Crippen molar-refractivity contribution in [3.8, 4) is 23.1 Å². The van der Waals surface area contributed by atoms with Crippen LogP contribution in [0.3, 0.4) is 0 Å². The largest absolute Gasteiger partial charge is 0.493 e. The number of esters is 1. The number of nitrogens with one attached hydrogen (secondary N) is 1. The molecule has 0 radical (unpaired) electrons. The summed E-state index contributed by atoms with van der Waals surface area (Å²) in [5.74, 6) is 0.795. The number of aromatic nitrogens is 3. The van der Waals surface area contributed by atoms with E-state index in [1.54, 1.807) is 34.9 Å². The summed E-state index contributed by atoms with van der Waals surface area (Å²) < 4.78 is 14.4. The molecule has 4 heterocycles. The molecule has 4 aromatic heterocycles. The Kier molecular flexibility index (Phi) is 7.02. The van der Waals surface area contributed by atoms with E-state index < -0.39 is 5.97 Å². The quantitative estimate of drug-likeness (QED) is 0.201. The molecule has 0 saturated heterocycles. The van der Waals surface area contributed by atoms with Gasteiger partial charge in [0.2, 0.25) is 0 Å². The molecule has 0 aliphatic heterocycles. The summed E-state index contributed by atoms with van der Waals surface area (Å²) in [6.45, 7) is 4.59. The summed E-state index contributed by atoms with van der Waals surface area (Å²) in [7, 11) is 1.34. The van der Waals surface area contributed by atoms with E-state index in [9.17, 15) is 9.59 Å². The van der Waals surface area contributed by atoms with Crippen molar-refractivity contribution >= 4 is 28.7 Å². The molecule has 0 spiro atoms. The molecule has 0 aliphatic carbocycles. The average molecular weight is 522 g/mol. The zero-order valence-corrected chi connectivity index (χ0v) is 21.9. The Labute approximate surface area is 225 Å². The van der Waals surface area contributed by atoms with Crippen LogP contribution in [0.25, 0.3) is 22.4 Å². The van der Waals surface area contributed by atoms with Crippen molar-refractivity contribution in [1.82, 2.24) is 13.8 Å². The molecular formula is C30H27N5O4. The maximum Gasteiger partial charge on any atom is 0.339 e. The molecular weight excluding hydrogens is 494 g/mol. The number of ether oxygens (including phenoxy) is 2. The Morgan fingerprint density at radius 2 is 1.87 bits per heavy atom. The first-order valence-electron chi connectivity index (χ1n) is 12.6. The number of nitriles is 1. The van der Waals surface area contributed by atoms with Crippen molar-refractivity contribution in [1.29, 1.82) is 5.26 Å². The van der Waals surface area contributed by atoms with Crippen LogP contribution in [0.2, 0.25) is 0 Å². The van der Waals surface area contributed by atoms with Crippen LogP contribution < -0.4 is 10.1 Å². The summed E-state index contributed by atoms with van der Waals surface area (Å²) in [5.41, 5.74) is 5.17. The summed E-state index contributed by atoms with van der Waals surface area (Å²) in [6.07, 6.45) is 4.38. The van der Waals surface area contributed by atoms with Crippen molar-refractivity contribution in [3.05, 3.63) is 89.4 Å². The minimum absolute atomic E-state index is 0.0812. The number of benzene rings is 1. The number of fused-ring (bicyclic) bond motifs is 2. The van der Waals surface area contributed by atoms with E-state index in [2.05, 4.69) is 11.4 Å². The number of hydrogen-bond acceptors (Lipinski definition) is 7. The minimum Gasteiger partial charge on any atom is -0.493 e. The molecule has 5 aromatic rings. The van der Waals surface area contributed by atoms with Gasteiger partial charge in [0.1, 0.15) is 22.9 Å². The van der Waals surface area contributed by atoms with Gasteiger partial charge in [0.25, 0.3) is 0 Å². The van der Waals surface area contributed by atoms with Gasteiger partial charge in [0.15, 0.2) is 5.78 Å². The van der Waals surface area contributed by atoms with Crippen molar-refractivity contribution in [2.75, 3.05) is 19.0 Å². The second-order valence-electron chi connectivity index (χ2n) is 9.07. The monoisotopic (exact) mass is 521 g/mol. The lowest BCUT2D eigenvalue weighted by atomic mass is 10.1. The molecule has 0 atom stereocenters. The van der Waals surface area contributed by atoms with Crippen LogP contribution in [0.15, 0.2) is 67.0 Å². The number of carbonyl (C=O) groups excluding carboxylic acids is 2. The third kappa shape index (κ3) is 4.92. The van der Waals surface area contributed by atoms with Crippen LogP contribution in [0, 0.1) is 11.3 Å². The Morgan fingerprint density at radius 1 is 1.08 bits per heavy atom. The van der Waals surface area contributed by atoms with Crippen LogP contribution in [0.5, 0.6) is 5.75 Å². The van der Waals surface area contributed by atoms with Gasteiger partial charge in [0.05, 0.1) is 42.1 Å². The molecule has 0 bridgehead atoms. The fourth-order valence-electron chi connectivity index (χ4n) is 4.47. The molecule has 196 valence electrons. The number of pyridine rings is 2. The van der Waals surface area contributed by atoms with Crippen LogP contribution in [-0.4, -0.2) is 39.3 Å². The number of Topliss-reactive ketones (excluding diaryl/α,β-unsaturated/α-hetero) is 1. The number of carbonyl (C=O) groups is 2. The van der Waals surface area contributed by atoms with Gasteiger partial charge < -0.3 is 19.2 Å². The maximum absolute atomic E-state index is 12.6. The molecule has 39 heavy (non-hydrogen) atoms.